The number of ether oxygens (including phenoxy) is 1. The molecule has 0 bridgehead atoms. The molecule has 0 radical (unpaired) electrons. The van der Waals surface area contributed by atoms with E-state index >= 15 is 0 Å². The Morgan fingerprint density at radius 2 is 1.11 bits per heavy atom. The average molecular weight is 938 g/mol. The molecule has 1 aliphatic heterocycles. The number of para-hydroxylation sites is 4. The van der Waals surface area contributed by atoms with Crippen LogP contribution in [0.5, 0.6) is 11.5 Å². The van der Waals surface area contributed by atoms with E-state index in [0.717, 1.165) is 76.5 Å². The number of aromatic nitrogens is 5. The lowest BCUT2D eigenvalue weighted by atomic mass is 9.84. The summed E-state index contributed by atoms with van der Waals surface area (Å²) in [6, 6.07) is 70.2. The maximum atomic E-state index is 9.65. The van der Waals surface area contributed by atoms with Crippen molar-refractivity contribution < 1.29 is 13.0 Å². The summed E-state index contributed by atoms with van der Waals surface area (Å²) >= 11 is 0. The van der Waals surface area contributed by atoms with Gasteiger partial charge in [0.15, 0.2) is 8.07 Å². The van der Waals surface area contributed by atoms with Crippen molar-refractivity contribution in [3.05, 3.63) is 224 Å². The Bertz CT molecular complexity index is 4300. The van der Waals surface area contributed by atoms with Gasteiger partial charge in [0.2, 0.25) is 5.78 Å². The third-order valence-corrected chi connectivity index (χ3v) is 22.3. The lowest BCUT2D eigenvalue weighted by Gasteiger charge is -2.40. The van der Waals surface area contributed by atoms with Gasteiger partial charge in [-0.1, -0.05) is 183 Å². The lowest BCUT2D eigenvalue weighted by molar-refractivity contribution is 0.490. The van der Waals surface area contributed by atoms with E-state index in [1.165, 1.54) is 0 Å². The molecule has 12 aromatic rings. The van der Waals surface area contributed by atoms with E-state index in [1.54, 1.807) is 24.5 Å². The summed E-state index contributed by atoms with van der Waals surface area (Å²) in [4.78, 5) is 15.3. The van der Waals surface area contributed by atoms with Crippen molar-refractivity contribution in [2.45, 2.75) is 19.9 Å². The molecule has 1 aliphatic carbocycles. The van der Waals surface area contributed by atoms with Crippen molar-refractivity contribution in [2.24, 2.45) is 0 Å². The SMILES string of the molecule is [2H]C([2H])([2H])c1cccc2c1nc1n(-c3cc([Si](c4ccccc4)(c4ccccc4)c4ccc5c(c4)-c4ccccc4-c4ccccc4-c4nccnc4-5)c4c(c3)[Si](C)(C([2H])([2H])[2H])c3ccccc3O4)c3ccccc3n21. The van der Waals surface area contributed by atoms with Crippen LogP contribution in [0.4, 0.5) is 0 Å². The average Bonchev–Trinajstić information content (AvgIpc) is 4.01. The van der Waals surface area contributed by atoms with E-state index in [2.05, 4.69) is 120 Å². The molecule has 3 aromatic heterocycles. The first-order valence-electron chi connectivity index (χ1n) is 26.5. The van der Waals surface area contributed by atoms with Gasteiger partial charge in [-0.15, -0.1) is 0 Å². The minimum absolute atomic E-state index is 0.153. The molecule has 1 atom stereocenters. The van der Waals surface area contributed by atoms with Crippen LogP contribution in [0.2, 0.25) is 13.0 Å². The van der Waals surface area contributed by atoms with Crippen molar-refractivity contribution in [3.8, 4) is 62.0 Å². The van der Waals surface area contributed by atoms with Crippen LogP contribution >= 0.6 is 0 Å². The monoisotopic (exact) mass is 937 g/mol. The summed E-state index contributed by atoms with van der Waals surface area (Å²) in [5.74, 6) is 1.57. The number of imidazole rings is 2. The second-order valence-electron chi connectivity index (χ2n) is 18.4. The molecular formula is C62H45N5OSi2. The second-order valence-corrected chi connectivity index (χ2v) is 25.5. The first-order valence-corrected chi connectivity index (χ1v) is 28.0. The lowest BCUT2D eigenvalue weighted by Crippen LogP contribution is -2.76. The number of hydrogen-bond donors (Lipinski definition) is 0. The third kappa shape index (κ3) is 5.68. The largest absolute Gasteiger partial charge is 0.458 e. The summed E-state index contributed by atoms with van der Waals surface area (Å²) in [6.45, 7) is -2.92. The predicted molar refractivity (Wildman–Crippen MR) is 292 cm³/mol. The quantitative estimate of drug-likeness (QED) is 0.127. The molecule has 14 rings (SSSR count). The highest BCUT2D eigenvalue weighted by Crippen LogP contribution is 2.46. The molecule has 0 N–H and O–H groups in total. The van der Waals surface area contributed by atoms with E-state index in [4.69, 9.17) is 23.8 Å². The zero-order chi connectivity index (χ0) is 51.7. The first kappa shape index (κ1) is 34.8. The molecule has 0 saturated carbocycles. The van der Waals surface area contributed by atoms with Crippen LogP contribution in [-0.2, 0) is 0 Å². The third-order valence-electron chi connectivity index (χ3n) is 14.7. The van der Waals surface area contributed by atoms with Crippen LogP contribution in [0.25, 0.3) is 78.3 Å². The summed E-state index contributed by atoms with van der Waals surface area (Å²) in [5.41, 5.74) is 11.1. The van der Waals surface area contributed by atoms with Gasteiger partial charge in [-0.3, -0.25) is 18.9 Å². The van der Waals surface area contributed by atoms with E-state index in [0.29, 0.717) is 44.4 Å². The number of hydrogen-bond acceptors (Lipinski definition) is 4. The highest BCUT2D eigenvalue weighted by Gasteiger charge is 2.48. The van der Waals surface area contributed by atoms with Gasteiger partial charge in [0, 0.05) is 37.4 Å². The Morgan fingerprint density at radius 3 is 1.83 bits per heavy atom. The minimum Gasteiger partial charge on any atom is -0.458 e. The number of benzene rings is 9. The fraction of sp³-hybridized carbons (Fsp3) is 0.0484. The number of rotatable bonds is 5. The van der Waals surface area contributed by atoms with Crippen LogP contribution < -0.4 is 35.9 Å². The topological polar surface area (TPSA) is 57.2 Å². The summed E-state index contributed by atoms with van der Waals surface area (Å²) < 4.78 is 66.2. The van der Waals surface area contributed by atoms with Crippen LogP contribution in [0.1, 0.15) is 13.8 Å². The minimum atomic E-state index is -3.83. The number of aryl methyl sites for hydroxylation is 1. The molecule has 0 saturated heterocycles. The summed E-state index contributed by atoms with van der Waals surface area (Å²) in [7, 11) is -7.60. The van der Waals surface area contributed by atoms with E-state index in [-0.39, 0.29) is 5.56 Å². The molecule has 332 valence electrons. The molecule has 6 nitrogen and oxygen atoms in total. The second kappa shape index (κ2) is 15.3. The van der Waals surface area contributed by atoms with E-state index < -0.39 is 29.5 Å². The maximum Gasteiger partial charge on any atom is 0.220 e. The predicted octanol–water partition coefficient (Wildman–Crippen LogP) is 10.8. The van der Waals surface area contributed by atoms with Crippen molar-refractivity contribution >= 4 is 75.1 Å². The Balaban J connectivity index is 1.17. The van der Waals surface area contributed by atoms with Gasteiger partial charge in [-0.25, -0.2) is 4.98 Å². The first-order chi connectivity index (χ1) is 36.9. The van der Waals surface area contributed by atoms with E-state index in [9.17, 15) is 4.11 Å². The van der Waals surface area contributed by atoms with Gasteiger partial charge in [0.25, 0.3) is 0 Å². The van der Waals surface area contributed by atoms with Gasteiger partial charge in [0.1, 0.15) is 19.6 Å². The van der Waals surface area contributed by atoms with Gasteiger partial charge in [0.05, 0.1) is 33.5 Å². The van der Waals surface area contributed by atoms with Crippen LogP contribution in [0.3, 0.4) is 0 Å². The van der Waals surface area contributed by atoms with Gasteiger partial charge >= 0.3 is 0 Å². The molecule has 9 aromatic carbocycles. The number of fused-ring (bicyclic) bond motifs is 15. The van der Waals surface area contributed by atoms with Gasteiger partial charge < -0.3 is 4.74 Å². The molecule has 8 heteroatoms. The Kier molecular flexibility index (Phi) is 7.60. The Labute approximate surface area is 416 Å². The van der Waals surface area contributed by atoms with Crippen molar-refractivity contribution in [3.63, 3.8) is 0 Å². The molecule has 70 heavy (non-hydrogen) atoms. The number of nitrogens with zero attached hydrogens (tertiary/aromatic N) is 5. The van der Waals surface area contributed by atoms with Crippen molar-refractivity contribution in [2.75, 3.05) is 0 Å². The zero-order valence-corrected chi connectivity index (χ0v) is 39.9. The van der Waals surface area contributed by atoms with Crippen molar-refractivity contribution in [1.82, 2.24) is 23.9 Å². The molecular weight excluding hydrogens is 887 g/mol. The highest BCUT2D eigenvalue weighted by atomic mass is 28.3. The Morgan fingerprint density at radius 1 is 0.514 bits per heavy atom. The van der Waals surface area contributed by atoms with Gasteiger partial charge in [-0.2, -0.15) is 0 Å². The smallest absolute Gasteiger partial charge is 0.220 e. The fourth-order valence-electron chi connectivity index (χ4n) is 11.6. The Hall–Kier alpha value is -8.44. The van der Waals surface area contributed by atoms with Crippen LogP contribution in [0, 0.1) is 6.85 Å². The van der Waals surface area contributed by atoms with Crippen molar-refractivity contribution in [1.29, 1.82) is 0 Å². The zero-order valence-electron chi connectivity index (χ0n) is 43.9. The fourth-order valence-corrected chi connectivity index (χ4v) is 19.0. The van der Waals surface area contributed by atoms with Gasteiger partial charge in [-0.05, 0) is 102 Å². The summed E-state index contributed by atoms with van der Waals surface area (Å²) in [5, 5.41) is 5.33. The highest BCUT2D eigenvalue weighted by molar-refractivity contribution is 7.20. The molecule has 2 aliphatic rings. The molecule has 1 unspecified atom stereocenters. The molecule has 4 heterocycles. The van der Waals surface area contributed by atoms with Crippen LogP contribution in [-0.4, -0.2) is 40.1 Å². The summed E-state index contributed by atoms with van der Waals surface area (Å²) in [6.07, 6.45) is 3.51. The van der Waals surface area contributed by atoms with Crippen LogP contribution in [0.15, 0.2) is 219 Å². The molecule has 0 fully saturated rings. The normalized spacial score (nSPS) is 16.3. The maximum absolute atomic E-state index is 9.65. The van der Waals surface area contributed by atoms with E-state index in [1.807, 2.05) is 89.8 Å². The standard InChI is InChI=1S/C62H45N5OSi2/c1-40-19-18-30-53-58(40)65-62-66(51-28-14-15-29-52(51)67(53)62)41-37-56-61(68-54-31-16-17-32-55(54)69(56,2)3)57(38-41)70(42-20-6-4-7-21-42,43-22-8-5-9-23-43)44-33-34-49-50(39-44)47-26-11-10-24-45(47)46-25-12-13-27-48(46)59-60(49)64-36-35-63-59/h4-39H,1-3H3/i1D3,2D3. The molecule has 0 amide bonds. The molecule has 0 spiro atoms.